The summed E-state index contributed by atoms with van der Waals surface area (Å²) in [5, 5.41) is 2.70. The van der Waals surface area contributed by atoms with Gasteiger partial charge in [0.05, 0.1) is 5.56 Å². The van der Waals surface area contributed by atoms with Gasteiger partial charge in [-0.2, -0.15) is 0 Å². The number of hydrogen-bond donors (Lipinski definition) is 0. The van der Waals surface area contributed by atoms with E-state index in [1.165, 1.54) is 16.9 Å². The minimum atomic E-state index is -0.501. The number of ether oxygens (including phenoxy) is 1. The quantitative estimate of drug-likeness (QED) is 0.297. The molecule has 7 heteroatoms. The van der Waals surface area contributed by atoms with Crippen LogP contribution in [0.25, 0.3) is 10.8 Å². The SMILES string of the molecule is Cc1ccc(-n2c(C)cc(C(=O)OCC(=O)c3cc(C)n(-c4nccs4)c3C)c2C)cc1. The van der Waals surface area contributed by atoms with Crippen molar-refractivity contribution >= 4 is 23.1 Å². The van der Waals surface area contributed by atoms with Crippen LogP contribution in [0.5, 0.6) is 0 Å². The Hall–Kier alpha value is -3.45. The topological polar surface area (TPSA) is 66.1 Å². The molecule has 4 aromatic rings. The first-order chi connectivity index (χ1) is 15.3. The lowest BCUT2D eigenvalue weighted by molar-refractivity contribution is 0.0474. The second-order valence-electron chi connectivity index (χ2n) is 7.89. The second kappa shape index (κ2) is 8.59. The molecule has 0 fully saturated rings. The summed E-state index contributed by atoms with van der Waals surface area (Å²) < 4.78 is 9.37. The number of aromatic nitrogens is 3. The van der Waals surface area contributed by atoms with Crippen LogP contribution in [0.15, 0.2) is 48.0 Å². The molecule has 0 saturated carbocycles. The Labute approximate surface area is 191 Å². The third-order valence-electron chi connectivity index (χ3n) is 5.62. The highest BCUT2D eigenvalue weighted by Gasteiger charge is 2.22. The summed E-state index contributed by atoms with van der Waals surface area (Å²) in [6.45, 7) is 9.35. The smallest absolute Gasteiger partial charge is 0.340 e. The molecule has 0 N–H and O–H groups in total. The molecule has 0 radical (unpaired) electrons. The predicted octanol–water partition coefficient (Wildman–Crippen LogP) is 5.31. The highest BCUT2D eigenvalue weighted by Crippen LogP contribution is 2.24. The largest absolute Gasteiger partial charge is 0.454 e. The number of carbonyl (C=O) groups excluding carboxylic acids is 2. The van der Waals surface area contributed by atoms with Crippen molar-refractivity contribution in [2.45, 2.75) is 34.6 Å². The van der Waals surface area contributed by atoms with Crippen LogP contribution in [0.2, 0.25) is 0 Å². The highest BCUT2D eigenvalue weighted by molar-refractivity contribution is 7.12. The summed E-state index contributed by atoms with van der Waals surface area (Å²) in [7, 11) is 0. The van der Waals surface area contributed by atoms with E-state index in [0.29, 0.717) is 11.1 Å². The van der Waals surface area contributed by atoms with Gasteiger partial charge in [-0.1, -0.05) is 17.7 Å². The lowest BCUT2D eigenvalue weighted by atomic mass is 10.1. The average Bonchev–Trinajstić information content (AvgIpc) is 3.45. The lowest BCUT2D eigenvalue weighted by Gasteiger charge is -2.10. The van der Waals surface area contributed by atoms with Gasteiger partial charge in [-0.15, -0.1) is 11.3 Å². The number of nitrogens with zero attached hydrogens (tertiary/aromatic N) is 3. The average molecular weight is 448 g/mol. The summed E-state index contributed by atoms with van der Waals surface area (Å²) >= 11 is 1.50. The molecular formula is C25H25N3O3S. The molecule has 1 aromatic carbocycles. The molecule has 32 heavy (non-hydrogen) atoms. The molecule has 4 rings (SSSR count). The molecule has 0 unspecified atom stereocenters. The molecule has 3 aromatic heterocycles. The molecule has 3 heterocycles. The molecule has 0 saturated heterocycles. The maximum atomic E-state index is 12.8. The zero-order chi connectivity index (χ0) is 23.0. The van der Waals surface area contributed by atoms with E-state index in [0.717, 1.165) is 33.6 Å². The fourth-order valence-corrected chi connectivity index (χ4v) is 4.76. The van der Waals surface area contributed by atoms with Gasteiger partial charge in [-0.05, 0) is 58.9 Å². The molecule has 0 bridgehead atoms. The van der Waals surface area contributed by atoms with E-state index in [1.54, 1.807) is 12.3 Å². The Morgan fingerprint density at radius 1 is 0.906 bits per heavy atom. The number of hydrogen-bond acceptors (Lipinski definition) is 5. The van der Waals surface area contributed by atoms with E-state index in [1.807, 2.05) is 79.5 Å². The summed E-state index contributed by atoms with van der Waals surface area (Å²) in [4.78, 5) is 30.0. The van der Waals surface area contributed by atoms with Crippen molar-refractivity contribution in [3.05, 3.63) is 87.4 Å². The number of ketones is 1. The molecule has 0 spiro atoms. The van der Waals surface area contributed by atoms with Crippen molar-refractivity contribution in [1.29, 1.82) is 0 Å². The van der Waals surface area contributed by atoms with Crippen LogP contribution in [0.1, 0.15) is 49.1 Å². The number of aryl methyl sites for hydroxylation is 3. The van der Waals surface area contributed by atoms with Crippen LogP contribution in [0.4, 0.5) is 0 Å². The standard InChI is InChI=1S/C25H25N3O3S/c1-15-6-8-20(9-7-15)27-16(2)13-22(19(27)5)24(30)31-14-23(29)21-12-17(3)28(18(21)4)25-26-10-11-32-25/h6-13H,14H2,1-5H3. The summed E-state index contributed by atoms with van der Waals surface area (Å²) in [6.07, 6.45) is 1.73. The molecule has 0 aliphatic rings. The van der Waals surface area contributed by atoms with Gasteiger partial charge in [-0.3, -0.25) is 9.36 Å². The van der Waals surface area contributed by atoms with Crippen LogP contribution in [-0.4, -0.2) is 32.5 Å². The minimum absolute atomic E-state index is 0.235. The van der Waals surface area contributed by atoms with Crippen molar-refractivity contribution < 1.29 is 14.3 Å². The molecule has 0 aliphatic carbocycles. The van der Waals surface area contributed by atoms with Gasteiger partial charge in [0.15, 0.2) is 11.7 Å². The summed E-state index contributed by atoms with van der Waals surface area (Å²) in [6, 6.07) is 11.7. The first-order valence-electron chi connectivity index (χ1n) is 10.3. The fourth-order valence-electron chi connectivity index (χ4n) is 4.01. The normalized spacial score (nSPS) is 11.0. The zero-order valence-electron chi connectivity index (χ0n) is 18.8. The monoisotopic (exact) mass is 447 g/mol. The number of benzene rings is 1. The number of rotatable bonds is 6. The highest BCUT2D eigenvalue weighted by atomic mass is 32.1. The van der Waals surface area contributed by atoms with Crippen LogP contribution < -0.4 is 0 Å². The zero-order valence-corrected chi connectivity index (χ0v) is 19.6. The van der Waals surface area contributed by atoms with Crippen LogP contribution in [0.3, 0.4) is 0 Å². The van der Waals surface area contributed by atoms with Crippen molar-refractivity contribution in [3.8, 4) is 10.8 Å². The Bertz CT molecular complexity index is 1300. The van der Waals surface area contributed by atoms with Crippen molar-refractivity contribution in [3.63, 3.8) is 0 Å². The van der Waals surface area contributed by atoms with E-state index in [-0.39, 0.29) is 12.4 Å². The molecule has 164 valence electrons. The number of Topliss-reactive ketones (excluding diaryl/α,β-unsaturated/α-hetero) is 1. The van der Waals surface area contributed by atoms with E-state index >= 15 is 0 Å². The Morgan fingerprint density at radius 3 is 2.19 bits per heavy atom. The Kier molecular flexibility index (Phi) is 5.84. The predicted molar refractivity (Wildman–Crippen MR) is 126 cm³/mol. The maximum Gasteiger partial charge on any atom is 0.340 e. The third-order valence-corrected chi connectivity index (χ3v) is 6.38. The van der Waals surface area contributed by atoms with E-state index in [9.17, 15) is 9.59 Å². The third kappa shape index (κ3) is 3.91. The van der Waals surface area contributed by atoms with E-state index in [2.05, 4.69) is 4.98 Å². The second-order valence-corrected chi connectivity index (χ2v) is 8.76. The summed E-state index contributed by atoms with van der Waals surface area (Å²) in [5.74, 6) is -0.736. The lowest BCUT2D eigenvalue weighted by Crippen LogP contribution is -2.15. The Morgan fingerprint density at radius 2 is 1.53 bits per heavy atom. The van der Waals surface area contributed by atoms with Crippen molar-refractivity contribution in [2.24, 2.45) is 0 Å². The maximum absolute atomic E-state index is 12.8. The first kappa shape index (κ1) is 21.8. The van der Waals surface area contributed by atoms with Gasteiger partial charge >= 0.3 is 5.97 Å². The Balaban J connectivity index is 1.51. The van der Waals surface area contributed by atoms with Crippen LogP contribution in [-0.2, 0) is 4.74 Å². The van der Waals surface area contributed by atoms with Gasteiger partial charge in [0.1, 0.15) is 0 Å². The van der Waals surface area contributed by atoms with E-state index in [4.69, 9.17) is 4.74 Å². The number of carbonyl (C=O) groups is 2. The number of esters is 1. The van der Waals surface area contributed by atoms with Gasteiger partial charge in [0.2, 0.25) is 5.78 Å². The molecular weight excluding hydrogens is 422 g/mol. The molecule has 0 atom stereocenters. The van der Waals surface area contributed by atoms with Crippen LogP contribution >= 0.6 is 11.3 Å². The minimum Gasteiger partial charge on any atom is -0.454 e. The van der Waals surface area contributed by atoms with Crippen molar-refractivity contribution in [2.75, 3.05) is 6.61 Å². The molecule has 0 amide bonds. The summed E-state index contributed by atoms with van der Waals surface area (Å²) in [5.41, 5.74) is 6.56. The number of thiazole rings is 1. The molecule has 6 nitrogen and oxygen atoms in total. The van der Waals surface area contributed by atoms with Gasteiger partial charge in [0.25, 0.3) is 0 Å². The van der Waals surface area contributed by atoms with Gasteiger partial charge in [0, 0.05) is 45.6 Å². The van der Waals surface area contributed by atoms with E-state index < -0.39 is 5.97 Å². The van der Waals surface area contributed by atoms with Gasteiger partial charge in [-0.25, -0.2) is 9.78 Å². The molecule has 0 aliphatic heterocycles. The van der Waals surface area contributed by atoms with Crippen LogP contribution in [0, 0.1) is 34.6 Å². The first-order valence-corrected chi connectivity index (χ1v) is 11.2. The van der Waals surface area contributed by atoms with Crippen molar-refractivity contribution in [1.82, 2.24) is 14.1 Å². The fraction of sp³-hybridized carbons (Fsp3) is 0.240. The van der Waals surface area contributed by atoms with Gasteiger partial charge < -0.3 is 9.30 Å².